The molecule has 0 amide bonds. The first-order valence-electron chi connectivity index (χ1n) is 25.9. The molecule has 0 aliphatic heterocycles. The molecule has 0 saturated carbocycles. The highest BCUT2D eigenvalue weighted by molar-refractivity contribution is 5.70. The van der Waals surface area contributed by atoms with Crippen molar-refractivity contribution in [3.63, 3.8) is 0 Å². The quantitative estimate of drug-likeness (QED) is 0.0492. The zero-order chi connectivity index (χ0) is 41.3. The lowest BCUT2D eigenvalue weighted by atomic mass is 9.94. The summed E-state index contributed by atoms with van der Waals surface area (Å²) < 4.78 is 5.36. The van der Waals surface area contributed by atoms with Gasteiger partial charge in [-0.15, -0.1) is 0 Å². The van der Waals surface area contributed by atoms with Gasteiger partial charge in [0.2, 0.25) is 0 Å². The molecule has 0 aliphatic carbocycles. The molecule has 4 nitrogen and oxygen atoms in total. The minimum Gasteiger partial charge on any atom is -0.481 e. The van der Waals surface area contributed by atoms with E-state index in [0.29, 0.717) is 13.0 Å². The van der Waals surface area contributed by atoms with Crippen molar-refractivity contribution in [3.05, 3.63) is 0 Å². The Labute approximate surface area is 353 Å². The highest BCUT2D eigenvalue weighted by atomic mass is 16.5. The molecule has 336 valence electrons. The fraction of sp³-hybridized carbons (Fsp3) is 0.962. The summed E-state index contributed by atoms with van der Waals surface area (Å²) in [5.74, 6) is -0.639. The van der Waals surface area contributed by atoms with Gasteiger partial charge >= 0.3 is 11.9 Å². The molecule has 0 heterocycles. The van der Waals surface area contributed by atoms with Gasteiger partial charge in [0.25, 0.3) is 0 Å². The fourth-order valence-corrected chi connectivity index (χ4v) is 7.93. The average Bonchev–Trinajstić information content (AvgIpc) is 3.19. The summed E-state index contributed by atoms with van der Waals surface area (Å²) in [6.07, 6.45) is 56.6. The standard InChI is InChI=1S/2C26H52O2/c1-3-5-7-9-11-13-14-15-16-17-18-20-22-24-26(27)28-25-23-21-19-12-10-8-6-4-2;1-3-5-7-9-11-13-14-15-16-18-20-22-24-25(26(27)28)23-21-19-17-12-10-8-6-4-2/h3-25H2,1-2H3;25H,3-24H2,1-2H3,(H,27,28). The Morgan fingerprint density at radius 3 is 0.839 bits per heavy atom. The van der Waals surface area contributed by atoms with Gasteiger partial charge in [0.1, 0.15) is 0 Å². The van der Waals surface area contributed by atoms with Crippen molar-refractivity contribution in [2.75, 3.05) is 6.61 Å². The van der Waals surface area contributed by atoms with Crippen molar-refractivity contribution < 1.29 is 19.4 Å². The Morgan fingerprint density at radius 1 is 0.339 bits per heavy atom. The molecular formula is C52H104O4. The zero-order valence-electron chi connectivity index (χ0n) is 39.1. The van der Waals surface area contributed by atoms with E-state index < -0.39 is 5.97 Å². The highest BCUT2D eigenvalue weighted by Crippen LogP contribution is 2.20. The predicted molar refractivity (Wildman–Crippen MR) is 248 cm³/mol. The molecule has 0 aliphatic rings. The molecule has 4 heteroatoms. The largest absolute Gasteiger partial charge is 0.481 e. The molecule has 0 rings (SSSR count). The number of carboxylic acid groups (broad SMARTS) is 1. The SMILES string of the molecule is CCCCCCCCCCCCCCC(CCCCCCCCCC)C(=O)O.CCCCCCCCCCCCCCCC(=O)OCCCCCCCCCC. The number of hydrogen-bond acceptors (Lipinski definition) is 3. The second-order valence-corrected chi connectivity index (χ2v) is 17.7. The molecule has 0 bridgehead atoms. The van der Waals surface area contributed by atoms with Crippen LogP contribution in [0.25, 0.3) is 0 Å². The van der Waals surface area contributed by atoms with Gasteiger partial charge in [0.05, 0.1) is 12.5 Å². The van der Waals surface area contributed by atoms with Crippen LogP contribution in [0.5, 0.6) is 0 Å². The van der Waals surface area contributed by atoms with Crippen molar-refractivity contribution in [3.8, 4) is 0 Å². The Hall–Kier alpha value is -1.06. The van der Waals surface area contributed by atoms with E-state index in [1.54, 1.807) is 0 Å². The Bertz CT molecular complexity index is 734. The molecule has 1 N–H and O–H groups in total. The van der Waals surface area contributed by atoms with E-state index in [1.807, 2.05) is 0 Å². The summed E-state index contributed by atoms with van der Waals surface area (Å²) >= 11 is 0. The number of esters is 1. The summed E-state index contributed by atoms with van der Waals surface area (Å²) in [4.78, 5) is 23.2. The minimum absolute atomic E-state index is 0.0195. The first kappa shape index (κ1) is 57.0. The van der Waals surface area contributed by atoms with Crippen LogP contribution in [0.2, 0.25) is 0 Å². The van der Waals surface area contributed by atoms with E-state index in [4.69, 9.17) is 4.74 Å². The molecule has 0 aromatic carbocycles. The van der Waals surface area contributed by atoms with Crippen LogP contribution in [0.4, 0.5) is 0 Å². The average molecular weight is 793 g/mol. The monoisotopic (exact) mass is 793 g/mol. The van der Waals surface area contributed by atoms with Crippen LogP contribution in [0.3, 0.4) is 0 Å². The molecule has 0 aromatic heterocycles. The molecule has 0 radical (unpaired) electrons. The molecule has 1 atom stereocenters. The van der Waals surface area contributed by atoms with Crippen LogP contribution >= 0.6 is 0 Å². The maximum absolute atomic E-state index is 11.7. The Kier molecular flexibility index (Phi) is 52.9. The fourth-order valence-electron chi connectivity index (χ4n) is 7.93. The van der Waals surface area contributed by atoms with Gasteiger partial charge in [0.15, 0.2) is 0 Å². The number of rotatable bonds is 46. The van der Waals surface area contributed by atoms with E-state index in [9.17, 15) is 14.7 Å². The lowest BCUT2D eigenvalue weighted by Crippen LogP contribution is -2.13. The van der Waals surface area contributed by atoms with Crippen LogP contribution in [-0.4, -0.2) is 23.7 Å². The molecule has 0 spiro atoms. The number of carboxylic acids is 1. The van der Waals surface area contributed by atoms with Crippen LogP contribution in [0.15, 0.2) is 0 Å². The topological polar surface area (TPSA) is 63.6 Å². The first-order chi connectivity index (χ1) is 27.5. The Balaban J connectivity index is 0. The van der Waals surface area contributed by atoms with Crippen molar-refractivity contribution in [2.45, 2.75) is 310 Å². The molecule has 1 unspecified atom stereocenters. The lowest BCUT2D eigenvalue weighted by molar-refractivity contribution is -0.144. The van der Waals surface area contributed by atoms with E-state index in [1.165, 1.54) is 238 Å². The molecule has 56 heavy (non-hydrogen) atoms. The number of aliphatic carboxylic acids is 1. The third kappa shape index (κ3) is 51.0. The van der Waals surface area contributed by atoms with Gasteiger partial charge in [-0.1, -0.05) is 278 Å². The van der Waals surface area contributed by atoms with Gasteiger partial charge in [-0.2, -0.15) is 0 Å². The summed E-state index contributed by atoms with van der Waals surface area (Å²) in [6, 6.07) is 0. The van der Waals surface area contributed by atoms with Crippen molar-refractivity contribution in [2.24, 2.45) is 5.92 Å². The van der Waals surface area contributed by atoms with Gasteiger partial charge in [-0.25, -0.2) is 0 Å². The van der Waals surface area contributed by atoms with Crippen LogP contribution in [0, 0.1) is 5.92 Å². The minimum atomic E-state index is -0.564. The highest BCUT2D eigenvalue weighted by Gasteiger charge is 2.16. The van der Waals surface area contributed by atoms with Crippen molar-refractivity contribution in [1.29, 1.82) is 0 Å². The number of hydrogen-bond donors (Lipinski definition) is 1. The third-order valence-corrected chi connectivity index (χ3v) is 11.9. The molecule has 0 saturated heterocycles. The van der Waals surface area contributed by atoms with E-state index in [-0.39, 0.29) is 11.9 Å². The van der Waals surface area contributed by atoms with Crippen molar-refractivity contribution in [1.82, 2.24) is 0 Å². The summed E-state index contributed by atoms with van der Waals surface area (Å²) in [5.41, 5.74) is 0. The maximum Gasteiger partial charge on any atom is 0.306 e. The van der Waals surface area contributed by atoms with Crippen molar-refractivity contribution >= 4 is 11.9 Å². The number of unbranched alkanes of at least 4 members (excludes halogenated alkanes) is 37. The van der Waals surface area contributed by atoms with Gasteiger partial charge in [0, 0.05) is 6.42 Å². The van der Waals surface area contributed by atoms with Gasteiger partial charge in [-0.3, -0.25) is 9.59 Å². The predicted octanol–water partition coefficient (Wildman–Crippen LogP) is 18.5. The number of carbonyl (C=O) groups is 2. The van der Waals surface area contributed by atoms with E-state index in [2.05, 4.69) is 27.7 Å². The van der Waals surface area contributed by atoms with E-state index in [0.717, 1.165) is 38.5 Å². The Morgan fingerprint density at radius 2 is 0.571 bits per heavy atom. The van der Waals surface area contributed by atoms with Gasteiger partial charge in [-0.05, 0) is 25.7 Å². The van der Waals surface area contributed by atoms with Crippen LogP contribution in [0.1, 0.15) is 310 Å². The summed E-state index contributed by atoms with van der Waals surface area (Å²) in [5, 5.41) is 9.45. The summed E-state index contributed by atoms with van der Waals surface area (Å²) in [7, 11) is 0. The zero-order valence-corrected chi connectivity index (χ0v) is 39.1. The van der Waals surface area contributed by atoms with Crippen LogP contribution < -0.4 is 0 Å². The number of ether oxygens (including phenoxy) is 1. The molecule has 0 fully saturated rings. The van der Waals surface area contributed by atoms with Gasteiger partial charge < -0.3 is 9.84 Å². The number of carbonyl (C=O) groups excluding carboxylic acids is 1. The normalized spacial score (nSPS) is 11.7. The van der Waals surface area contributed by atoms with E-state index >= 15 is 0 Å². The molecular weight excluding hydrogens is 689 g/mol. The van der Waals surface area contributed by atoms with Crippen LogP contribution in [-0.2, 0) is 14.3 Å². The second kappa shape index (κ2) is 52.0. The second-order valence-electron chi connectivity index (χ2n) is 17.7. The summed E-state index contributed by atoms with van der Waals surface area (Å²) in [6.45, 7) is 9.69. The maximum atomic E-state index is 11.7. The third-order valence-electron chi connectivity index (χ3n) is 11.9. The first-order valence-corrected chi connectivity index (χ1v) is 25.9. The smallest absolute Gasteiger partial charge is 0.306 e. The lowest BCUT2D eigenvalue weighted by Gasteiger charge is -2.12. The molecule has 0 aromatic rings.